The molecule has 5 nitrogen and oxygen atoms in total. The van der Waals surface area contributed by atoms with Crippen molar-refractivity contribution in [2.24, 2.45) is 0 Å². The lowest BCUT2D eigenvalue weighted by Gasteiger charge is -2.16. The number of amides is 3. The first-order chi connectivity index (χ1) is 16.0. The SMILES string of the molecule is Cc1cc(C(C#N)c2ccc(Cl)cc2)c(Cl)cc1NC(=O)NC(=O)c1ccccc1C(F)(F)F. The number of nitrogens with zero attached hydrogens (tertiary/aromatic N) is 1. The van der Waals surface area contributed by atoms with Crippen LogP contribution in [0.1, 0.15) is 38.5 Å². The van der Waals surface area contributed by atoms with Crippen LogP contribution < -0.4 is 10.6 Å². The van der Waals surface area contributed by atoms with Crippen molar-refractivity contribution in [2.45, 2.75) is 19.0 Å². The predicted molar refractivity (Wildman–Crippen MR) is 123 cm³/mol. The average Bonchev–Trinajstić information content (AvgIpc) is 2.78. The molecule has 1 atom stereocenters. The number of imide groups is 1. The Morgan fingerprint density at radius 2 is 1.68 bits per heavy atom. The summed E-state index contributed by atoms with van der Waals surface area (Å²) in [6.07, 6.45) is -4.76. The Bertz CT molecular complexity index is 1290. The zero-order valence-electron chi connectivity index (χ0n) is 17.5. The second-order valence-corrected chi connectivity index (χ2v) is 8.10. The molecule has 3 rings (SSSR count). The lowest BCUT2D eigenvalue weighted by Crippen LogP contribution is -2.35. The van der Waals surface area contributed by atoms with E-state index in [1.807, 2.05) is 5.32 Å². The van der Waals surface area contributed by atoms with Crippen molar-refractivity contribution in [3.63, 3.8) is 0 Å². The van der Waals surface area contributed by atoms with Gasteiger partial charge in [-0.3, -0.25) is 10.1 Å². The van der Waals surface area contributed by atoms with E-state index in [9.17, 15) is 28.0 Å². The Morgan fingerprint density at radius 1 is 1.03 bits per heavy atom. The number of anilines is 1. The van der Waals surface area contributed by atoms with Crippen LogP contribution in [0.25, 0.3) is 0 Å². The van der Waals surface area contributed by atoms with Crippen molar-refractivity contribution in [1.29, 1.82) is 5.26 Å². The van der Waals surface area contributed by atoms with Gasteiger partial charge >= 0.3 is 12.2 Å². The van der Waals surface area contributed by atoms with E-state index >= 15 is 0 Å². The lowest BCUT2D eigenvalue weighted by molar-refractivity contribution is -0.137. The largest absolute Gasteiger partial charge is 0.417 e. The highest BCUT2D eigenvalue weighted by Gasteiger charge is 2.35. The van der Waals surface area contributed by atoms with Gasteiger partial charge < -0.3 is 5.32 Å². The van der Waals surface area contributed by atoms with Gasteiger partial charge in [-0.25, -0.2) is 4.79 Å². The fraction of sp³-hybridized carbons (Fsp3) is 0.125. The molecule has 3 aromatic rings. The molecule has 174 valence electrons. The lowest BCUT2D eigenvalue weighted by atomic mass is 9.91. The maximum absolute atomic E-state index is 13.1. The van der Waals surface area contributed by atoms with Crippen molar-refractivity contribution in [2.75, 3.05) is 5.32 Å². The number of carbonyl (C=O) groups is 2. The molecule has 0 saturated carbocycles. The molecule has 0 bridgehead atoms. The zero-order chi connectivity index (χ0) is 25.0. The van der Waals surface area contributed by atoms with E-state index < -0.39 is 35.2 Å². The number of aryl methyl sites for hydroxylation is 1. The Labute approximate surface area is 203 Å². The number of rotatable bonds is 4. The summed E-state index contributed by atoms with van der Waals surface area (Å²) in [5.74, 6) is -1.91. The average molecular weight is 506 g/mol. The standard InChI is InChI=1S/C24H16Cl2F3N3O2/c1-13-10-17(18(12-30)14-6-8-15(25)9-7-14)20(26)11-21(13)31-23(34)32-22(33)16-4-2-3-5-19(16)24(27,28)29/h2-11,18H,1H3,(H2,31,32,33,34). The molecule has 0 aliphatic carbocycles. The van der Waals surface area contributed by atoms with E-state index in [-0.39, 0.29) is 10.7 Å². The van der Waals surface area contributed by atoms with Gasteiger partial charge in [0.15, 0.2) is 0 Å². The van der Waals surface area contributed by atoms with E-state index in [1.165, 1.54) is 12.1 Å². The van der Waals surface area contributed by atoms with E-state index in [2.05, 4.69) is 11.4 Å². The van der Waals surface area contributed by atoms with Crippen LogP contribution in [0.2, 0.25) is 10.0 Å². The third kappa shape index (κ3) is 5.68. The predicted octanol–water partition coefficient (Wildman–Crippen LogP) is 6.94. The number of hydrogen-bond donors (Lipinski definition) is 2. The molecule has 0 spiro atoms. The maximum Gasteiger partial charge on any atom is 0.417 e. The first-order valence-electron chi connectivity index (χ1n) is 9.75. The fourth-order valence-corrected chi connectivity index (χ4v) is 3.69. The molecule has 3 amide bonds. The molecule has 0 aromatic heterocycles. The smallest absolute Gasteiger partial charge is 0.307 e. The topological polar surface area (TPSA) is 82.0 Å². The van der Waals surface area contributed by atoms with Gasteiger partial charge in [0.25, 0.3) is 5.91 Å². The van der Waals surface area contributed by atoms with Gasteiger partial charge in [0.05, 0.1) is 23.1 Å². The second-order valence-electron chi connectivity index (χ2n) is 7.25. The molecular formula is C24H16Cl2F3N3O2. The number of urea groups is 1. The number of halogens is 5. The number of benzene rings is 3. The number of carbonyl (C=O) groups excluding carboxylic acids is 2. The highest BCUT2D eigenvalue weighted by Crippen LogP contribution is 2.35. The minimum absolute atomic E-state index is 0.177. The Morgan fingerprint density at radius 3 is 2.29 bits per heavy atom. The maximum atomic E-state index is 13.1. The van der Waals surface area contributed by atoms with Crippen LogP contribution in [0.15, 0.2) is 60.7 Å². The minimum atomic E-state index is -4.76. The van der Waals surface area contributed by atoms with Crippen LogP contribution in [0.3, 0.4) is 0 Å². The van der Waals surface area contributed by atoms with Gasteiger partial charge in [-0.15, -0.1) is 0 Å². The summed E-state index contributed by atoms with van der Waals surface area (Å²) in [5, 5.41) is 14.7. The van der Waals surface area contributed by atoms with Gasteiger partial charge in [-0.05, 0) is 53.9 Å². The summed E-state index contributed by atoms with van der Waals surface area (Å²) in [6, 6.07) is 15.0. The van der Waals surface area contributed by atoms with Crippen LogP contribution in [0.5, 0.6) is 0 Å². The van der Waals surface area contributed by atoms with Crippen molar-refractivity contribution >= 4 is 40.8 Å². The van der Waals surface area contributed by atoms with Crippen LogP contribution in [-0.2, 0) is 6.18 Å². The first kappa shape index (κ1) is 25.1. The van der Waals surface area contributed by atoms with Crippen LogP contribution in [0.4, 0.5) is 23.7 Å². The van der Waals surface area contributed by atoms with E-state index in [1.54, 1.807) is 37.3 Å². The molecule has 1 unspecified atom stereocenters. The third-order valence-corrected chi connectivity index (χ3v) is 5.52. The molecule has 2 N–H and O–H groups in total. The van der Waals surface area contributed by atoms with E-state index in [0.717, 1.165) is 18.2 Å². The Kier molecular flexibility index (Phi) is 7.50. The number of nitrogens with one attached hydrogen (secondary N) is 2. The molecule has 0 aliphatic rings. The van der Waals surface area contributed by atoms with Gasteiger partial charge in [-0.2, -0.15) is 18.4 Å². The number of alkyl halides is 3. The number of hydrogen-bond acceptors (Lipinski definition) is 3. The van der Waals surface area contributed by atoms with Crippen molar-refractivity contribution in [3.05, 3.63) is 98.5 Å². The van der Waals surface area contributed by atoms with Crippen molar-refractivity contribution in [1.82, 2.24) is 5.32 Å². The quantitative estimate of drug-likeness (QED) is 0.402. The van der Waals surface area contributed by atoms with Gasteiger partial charge in [0.1, 0.15) is 0 Å². The molecule has 10 heteroatoms. The van der Waals surface area contributed by atoms with Crippen LogP contribution in [-0.4, -0.2) is 11.9 Å². The Balaban J connectivity index is 1.80. The van der Waals surface area contributed by atoms with Gasteiger partial charge in [-0.1, -0.05) is 53.5 Å². The molecule has 0 heterocycles. The highest BCUT2D eigenvalue weighted by molar-refractivity contribution is 6.32. The van der Waals surface area contributed by atoms with Gasteiger partial charge in [0.2, 0.25) is 0 Å². The molecule has 3 aromatic carbocycles. The zero-order valence-corrected chi connectivity index (χ0v) is 19.0. The number of nitriles is 1. The summed E-state index contributed by atoms with van der Waals surface area (Å²) in [7, 11) is 0. The molecular weight excluding hydrogens is 490 g/mol. The Hall–Kier alpha value is -3.54. The summed E-state index contributed by atoms with van der Waals surface area (Å²) < 4.78 is 39.4. The third-order valence-electron chi connectivity index (χ3n) is 4.94. The molecule has 0 saturated heterocycles. The summed E-state index contributed by atoms with van der Waals surface area (Å²) in [5.41, 5.74) is 0.0530. The normalized spacial score (nSPS) is 11.9. The van der Waals surface area contributed by atoms with Crippen molar-refractivity contribution in [3.8, 4) is 6.07 Å². The van der Waals surface area contributed by atoms with E-state index in [0.29, 0.717) is 21.7 Å². The minimum Gasteiger partial charge on any atom is -0.307 e. The summed E-state index contributed by atoms with van der Waals surface area (Å²) in [6.45, 7) is 1.65. The first-order valence-corrected chi connectivity index (χ1v) is 10.5. The molecule has 0 aliphatic heterocycles. The van der Waals surface area contributed by atoms with Crippen molar-refractivity contribution < 1.29 is 22.8 Å². The summed E-state index contributed by atoms with van der Waals surface area (Å²) >= 11 is 12.3. The highest BCUT2D eigenvalue weighted by atomic mass is 35.5. The van der Waals surface area contributed by atoms with Gasteiger partial charge in [0, 0.05) is 15.7 Å². The fourth-order valence-electron chi connectivity index (χ4n) is 3.29. The van der Waals surface area contributed by atoms with Crippen LogP contribution in [0, 0.1) is 18.3 Å². The second kappa shape index (κ2) is 10.2. The molecule has 0 radical (unpaired) electrons. The molecule has 34 heavy (non-hydrogen) atoms. The van der Waals surface area contributed by atoms with E-state index in [4.69, 9.17) is 23.2 Å². The molecule has 0 fully saturated rings. The monoisotopic (exact) mass is 505 g/mol. The summed E-state index contributed by atoms with van der Waals surface area (Å²) in [4.78, 5) is 24.6. The van der Waals surface area contributed by atoms with Crippen LogP contribution >= 0.6 is 23.2 Å².